The number of halogens is 1. The largest absolute Gasteiger partial charge is 0.340 e. The second-order valence-electron chi connectivity index (χ2n) is 5.76. The van der Waals surface area contributed by atoms with E-state index in [9.17, 15) is 4.79 Å². The van der Waals surface area contributed by atoms with Crippen LogP contribution in [0.2, 0.25) is 0 Å². The van der Waals surface area contributed by atoms with Crippen molar-refractivity contribution < 1.29 is 4.79 Å². The lowest BCUT2D eigenvalue weighted by Gasteiger charge is -2.32. The zero-order valence-electron chi connectivity index (χ0n) is 11.5. The summed E-state index contributed by atoms with van der Waals surface area (Å²) >= 11 is 0. The van der Waals surface area contributed by atoms with Crippen molar-refractivity contribution in [1.29, 1.82) is 0 Å². The topological polar surface area (TPSA) is 32.3 Å². The van der Waals surface area contributed by atoms with Gasteiger partial charge in [-0.05, 0) is 25.7 Å². The van der Waals surface area contributed by atoms with Gasteiger partial charge in [-0.2, -0.15) is 0 Å². The number of nitrogens with one attached hydrogen (secondary N) is 1. The first-order valence-electron chi connectivity index (χ1n) is 7.27. The highest BCUT2D eigenvalue weighted by atomic mass is 35.5. The number of piperazine rings is 1. The van der Waals surface area contributed by atoms with Crippen molar-refractivity contribution in [3.8, 4) is 0 Å². The number of amides is 1. The summed E-state index contributed by atoms with van der Waals surface area (Å²) in [6.07, 6.45) is 8.74. The lowest BCUT2D eigenvalue weighted by molar-refractivity contribution is -0.133. The monoisotopic (exact) mass is 274 g/mol. The fourth-order valence-electron chi connectivity index (χ4n) is 3.10. The molecule has 1 aliphatic carbocycles. The van der Waals surface area contributed by atoms with Crippen LogP contribution in [0.25, 0.3) is 0 Å². The highest BCUT2D eigenvalue weighted by Crippen LogP contribution is 2.26. The van der Waals surface area contributed by atoms with Crippen LogP contribution >= 0.6 is 12.4 Å². The molecule has 0 aromatic rings. The van der Waals surface area contributed by atoms with Crippen LogP contribution in [-0.4, -0.2) is 36.5 Å². The average molecular weight is 275 g/mol. The maximum absolute atomic E-state index is 12.2. The molecule has 0 bridgehead atoms. The van der Waals surface area contributed by atoms with Crippen molar-refractivity contribution in [2.75, 3.05) is 19.6 Å². The summed E-state index contributed by atoms with van der Waals surface area (Å²) in [6, 6.07) is 0.460. The van der Waals surface area contributed by atoms with E-state index in [1.54, 1.807) is 0 Å². The van der Waals surface area contributed by atoms with Gasteiger partial charge in [0.25, 0.3) is 0 Å². The van der Waals surface area contributed by atoms with Crippen molar-refractivity contribution in [3.63, 3.8) is 0 Å². The van der Waals surface area contributed by atoms with E-state index in [2.05, 4.69) is 17.1 Å². The third-order valence-corrected chi connectivity index (χ3v) is 4.16. The maximum Gasteiger partial charge on any atom is 0.222 e. The zero-order valence-corrected chi connectivity index (χ0v) is 12.3. The molecular weight excluding hydrogens is 248 g/mol. The molecule has 0 radical (unpaired) electrons. The van der Waals surface area contributed by atoms with E-state index in [1.165, 1.54) is 38.5 Å². The molecule has 4 heteroatoms. The first kappa shape index (κ1) is 15.8. The third-order valence-electron chi connectivity index (χ3n) is 4.16. The van der Waals surface area contributed by atoms with Gasteiger partial charge in [0.05, 0.1) is 0 Å². The second kappa shape index (κ2) is 8.00. The molecule has 2 aliphatic rings. The standard InChI is InChI=1S/C14H26N2O.ClH/c1-12-11-16(9-8-15-12)14(17)10-13-6-4-2-3-5-7-13;/h12-13,15H,2-11H2,1H3;1H. The summed E-state index contributed by atoms with van der Waals surface area (Å²) < 4.78 is 0. The van der Waals surface area contributed by atoms with Crippen LogP contribution in [0.15, 0.2) is 0 Å². The predicted octanol–water partition coefficient (Wildman–Crippen LogP) is 2.59. The molecule has 1 unspecified atom stereocenters. The minimum Gasteiger partial charge on any atom is -0.340 e. The van der Waals surface area contributed by atoms with Crippen LogP contribution in [0, 0.1) is 5.92 Å². The van der Waals surface area contributed by atoms with E-state index in [0.29, 0.717) is 17.9 Å². The molecule has 1 N–H and O–H groups in total. The van der Waals surface area contributed by atoms with Gasteiger partial charge in [0.15, 0.2) is 0 Å². The Kier molecular flexibility index (Phi) is 7.02. The summed E-state index contributed by atoms with van der Waals surface area (Å²) in [6.45, 7) is 4.91. The lowest BCUT2D eigenvalue weighted by Crippen LogP contribution is -2.51. The van der Waals surface area contributed by atoms with Crippen LogP contribution < -0.4 is 5.32 Å². The SMILES string of the molecule is CC1CN(C(=O)CC2CCCCCC2)CCN1.Cl. The molecule has 0 spiro atoms. The normalized spacial score (nSPS) is 26.3. The predicted molar refractivity (Wildman–Crippen MR) is 77.1 cm³/mol. The molecule has 2 rings (SSSR count). The molecule has 106 valence electrons. The van der Waals surface area contributed by atoms with Crippen LogP contribution in [-0.2, 0) is 4.79 Å². The number of hydrogen-bond donors (Lipinski definition) is 1. The van der Waals surface area contributed by atoms with E-state index in [4.69, 9.17) is 0 Å². The fourth-order valence-corrected chi connectivity index (χ4v) is 3.10. The Morgan fingerprint density at radius 1 is 1.22 bits per heavy atom. The Balaban J connectivity index is 0.00000162. The van der Waals surface area contributed by atoms with E-state index < -0.39 is 0 Å². The Hall–Kier alpha value is -0.280. The van der Waals surface area contributed by atoms with Gasteiger partial charge in [-0.25, -0.2) is 0 Å². The minimum absolute atomic E-state index is 0. The first-order chi connectivity index (χ1) is 8.25. The Morgan fingerprint density at radius 2 is 1.89 bits per heavy atom. The van der Waals surface area contributed by atoms with Gasteiger partial charge in [-0.3, -0.25) is 4.79 Å². The van der Waals surface area contributed by atoms with Gasteiger partial charge >= 0.3 is 0 Å². The average Bonchev–Trinajstić information content (AvgIpc) is 2.57. The number of rotatable bonds is 2. The quantitative estimate of drug-likeness (QED) is 0.785. The second-order valence-corrected chi connectivity index (χ2v) is 5.76. The van der Waals surface area contributed by atoms with Gasteiger partial charge < -0.3 is 10.2 Å². The molecule has 1 saturated carbocycles. The van der Waals surface area contributed by atoms with Crippen molar-refractivity contribution in [2.24, 2.45) is 5.92 Å². The molecule has 0 aromatic heterocycles. The van der Waals surface area contributed by atoms with Crippen LogP contribution in [0.5, 0.6) is 0 Å². The molecule has 1 heterocycles. The van der Waals surface area contributed by atoms with E-state index in [-0.39, 0.29) is 12.4 Å². The van der Waals surface area contributed by atoms with E-state index in [1.807, 2.05) is 0 Å². The van der Waals surface area contributed by atoms with Crippen LogP contribution in [0.3, 0.4) is 0 Å². The van der Waals surface area contributed by atoms with Gasteiger partial charge in [0.1, 0.15) is 0 Å². The molecule has 1 atom stereocenters. The van der Waals surface area contributed by atoms with Gasteiger partial charge in [0.2, 0.25) is 5.91 Å². The number of hydrogen-bond acceptors (Lipinski definition) is 2. The summed E-state index contributed by atoms with van der Waals surface area (Å²) in [5, 5.41) is 3.39. The summed E-state index contributed by atoms with van der Waals surface area (Å²) in [5.74, 6) is 1.06. The minimum atomic E-state index is 0. The summed E-state index contributed by atoms with van der Waals surface area (Å²) in [5.41, 5.74) is 0. The highest BCUT2D eigenvalue weighted by Gasteiger charge is 2.23. The molecule has 2 fully saturated rings. The van der Waals surface area contributed by atoms with Crippen LogP contribution in [0.1, 0.15) is 51.9 Å². The Morgan fingerprint density at radius 3 is 2.50 bits per heavy atom. The molecule has 1 aliphatic heterocycles. The first-order valence-corrected chi connectivity index (χ1v) is 7.27. The van der Waals surface area contributed by atoms with Crippen molar-refractivity contribution in [2.45, 2.75) is 57.9 Å². The third kappa shape index (κ3) is 4.77. The smallest absolute Gasteiger partial charge is 0.222 e. The van der Waals surface area contributed by atoms with Crippen molar-refractivity contribution in [1.82, 2.24) is 10.2 Å². The molecule has 3 nitrogen and oxygen atoms in total. The van der Waals surface area contributed by atoms with Gasteiger partial charge in [-0.15, -0.1) is 12.4 Å². The van der Waals surface area contributed by atoms with Crippen LogP contribution in [0.4, 0.5) is 0 Å². The van der Waals surface area contributed by atoms with Crippen molar-refractivity contribution >= 4 is 18.3 Å². The maximum atomic E-state index is 12.2. The van der Waals surface area contributed by atoms with E-state index in [0.717, 1.165) is 26.1 Å². The number of carbonyl (C=O) groups is 1. The summed E-state index contributed by atoms with van der Waals surface area (Å²) in [7, 11) is 0. The highest BCUT2D eigenvalue weighted by molar-refractivity contribution is 5.85. The Bertz CT molecular complexity index is 252. The van der Waals surface area contributed by atoms with Gasteiger partial charge in [-0.1, -0.05) is 25.7 Å². The molecular formula is C14H27ClN2O. The van der Waals surface area contributed by atoms with E-state index >= 15 is 0 Å². The molecule has 0 aromatic carbocycles. The molecule has 1 saturated heterocycles. The number of carbonyl (C=O) groups excluding carboxylic acids is 1. The number of nitrogens with zero attached hydrogens (tertiary/aromatic N) is 1. The molecule has 18 heavy (non-hydrogen) atoms. The zero-order chi connectivity index (χ0) is 12.1. The fraction of sp³-hybridized carbons (Fsp3) is 0.929. The molecule has 1 amide bonds. The Labute approximate surface area is 117 Å². The lowest BCUT2D eigenvalue weighted by atomic mass is 9.96. The van der Waals surface area contributed by atoms with Crippen molar-refractivity contribution in [3.05, 3.63) is 0 Å². The summed E-state index contributed by atoms with van der Waals surface area (Å²) in [4.78, 5) is 14.3. The van der Waals surface area contributed by atoms with Gasteiger partial charge in [0, 0.05) is 32.1 Å².